The van der Waals surface area contributed by atoms with Gasteiger partial charge in [0.05, 0.1) is 0 Å². The Balaban J connectivity index is 2.52. The van der Waals surface area contributed by atoms with Crippen molar-refractivity contribution in [2.24, 2.45) is 5.73 Å². The van der Waals surface area contributed by atoms with Crippen LogP contribution >= 0.6 is 12.2 Å². The third-order valence-electron chi connectivity index (χ3n) is 1.95. The highest BCUT2D eigenvalue weighted by Crippen LogP contribution is 2.07. The second-order valence-corrected chi connectivity index (χ2v) is 3.69. The van der Waals surface area contributed by atoms with Gasteiger partial charge in [0.25, 0.3) is 0 Å². The van der Waals surface area contributed by atoms with E-state index in [0.29, 0.717) is 31.0 Å². The molecule has 6 nitrogen and oxygen atoms in total. The molecule has 1 aromatic heterocycles. The predicted octanol–water partition coefficient (Wildman–Crippen LogP) is 0.0489. The van der Waals surface area contributed by atoms with Crippen LogP contribution in [0.3, 0.4) is 0 Å². The van der Waals surface area contributed by atoms with E-state index in [1.165, 1.54) is 12.4 Å². The summed E-state index contributed by atoms with van der Waals surface area (Å²) < 4.78 is 0. The van der Waals surface area contributed by atoms with E-state index in [1.54, 1.807) is 0 Å². The van der Waals surface area contributed by atoms with Crippen LogP contribution in [0.5, 0.6) is 0 Å². The van der Waals surface area contributed by atoms with E-state index in [-0.39, 0.29) is 10.9 Å². The number of anilines is 1. The third kappa shape index (κ3) is 4.31. The molecule has 7 heteroatoms. The first-order valence-electron chi connectivity index (χ1n) is 5.26. The van der Waals surface area contributed by atoms with Gasteiger partial charge in [-0.25, -0.2) is 9.97 Å². The van der Waals surface area contributed by atoms with E-state index in [9.17, 15) is 4.79 Å². The Kier molecular flexibility index (Phi) is 5.28. The summed E-state index contributed by atoms with van der Waals surface area (Å²) in [6.45, 7) is 2.96. The van der Waals surface area contributed by atoms with Crippen LogP contribution in [0, 0.1) is 0 Å². The van der Waals surface area contributed by atoms with Gasteiger partial charge in [-0.15, -0.1) is 0 Å². The monoisotopic (exact) mass is 253 g/mol. The van der Waals surface area contributed by atoms with Gasteiger partial charge in [-0.05, 0) is 6.92 Å². The van der Waals surface area contributed by atoms with Crippen molar-refractivity contribution in [1.82, 2.24) is 15.3 Å². The van der Waals surface area contributed by atoms with Gasteiger partial charge in [0.1, 0.15) is 10.7 Å². The second-order valence-electron chi connectivity index (χ2n) is 3.25. The summed E-state index contributed by atoms with van der Waals surface area (Å²) >= 11 is 4.85. The molecule has 17 heavy (non-hydrogen) atoms. The van der Waals surface area contributed by atoms with Crippen LogP contribution in [-0.2, 0) is 4.79 Å². The molecule has 0 spiro atoms. The number of hydrogen-bond acceptors (Lipinski definition) is 5. The number of nitrogens with zero attached hydrogens (tertiary/aromatic N) is 2. The Morgan fingerprint density at radius 1 is 1.47 bits per heavy atom. The fraction of sp³-hybridized carbons (Fsp3) is 0.400. The molecule has 0 bridgehead atoms. The molecule has 1 amide bonds. The second kappa shape index (κ2) is 6.74. The Hall–Kier alpha value is -1.76. The molecule has 0 aromatic carbocycles. The predicted molar refractivity (Wildman–Crippen MR) is 69.7 cm³/mol. The van der Waals surface area contributed by atoms with Crippen LogP contribution in [0.2, 0.25) is 0 Å². The zero-order valence-electron chi connectivity index (χ0n) is 9.56. The first kappa shape index (κ1) is 13.3. The Morgan fingerprint density at radius 2 is 2.18 bits per heavy atom. The molecule has 0 atom stereocenters. The molecule has 0 aliphatic carbocycles. The summed E-state index contributed by atoms with van der Waals surface area (Å²) in [7, 11) is 0. The van der Waals surface area contributed by atoms with Gasteiger partial charge >= 0.3 is 0 Å². The minimum Gasteiger partial charge on any atom is -0.388 e. The highest BCUT2D eigenvalue weighted by atomic mass is 32.1. The van der Waals surface area contributed by atoms with E-state index >= 15 is 0 Å². The van der Waals surface area contributed by atoms with Crippen LogP contribution in [0.25, 0.3) is 0 Å². The summed E-state index contributed by atoms with van der Waals surface area (Å²) in [6.07, 6.45) is 3.42. The molecular formula is C10H15N5OS. The minimum atomic E-state index is -0.0132. The summed E-state index contributed by atoms with van der Waals surface area (Å²) in [5.41, 5.74) is 5.95. The highest BCUT2D eigenvalue weighted by Gasteiger charge is 2.07. The summed E-state index contributed by atoms with van der Waals surface area (Å²) in [5.74, 6) is 0.491. The average Bonchev–Trinajstić information content (AvgIpc) is 2.30. The molecule has 1 heterocycles. The third-order valence-corrected chi connectivity index (χ3v) is 2.14. The van der Waals surface area contributed by atoms with Crippen molar-refractivity contribution in [3.8, 4) is 0 Å². The Morgan fingerprint density at radius 3 is 2.82 bits per heavy atom. The minimum absolute atomic E-state index is 0.0132. The maximum Gasteiger partial charge on any atom is 0.221 e. The first-order chi connectivity index (χ1) is 8.15. The van der Waals surface area contributed by atoms with Gasteiger partial charge in [-0.2, -0.15) is 0 Å². The lowest BCUT2D eigenvalue weighted by atomic mass is 10.3. The van der Waals surface area contributed by atoms with Crippen molar-refractivity contribution < 1.29 is 4.79 Å². The van der Waals surface area contributed by atoms with Crippen molar-refractivity contribution >= 4 is 28.9 Å². The van der Waals surface area contributed by atoms with Gasteiger partial charge in [0.2, 0.25) is 5.91 Å². The molecule has 0 unspecified atom stereocenters. The number of nitrogens with two attached hydrogens (primary N) is 1. The lowest BCUT2D eigenvalue weighted by Crippen LogP contribution is -2.25. The Labute approximate surface area is 105 Å². The molecule has 1 aromatic rings. The van der Waals surface area contributed by atoms with E-state index in [2.05, 4.69) is 20.6 Å². The van der Waals surface area contributed by atoms with E-state index < -0.39 is 0 Å². The average molecular weight is 253 g/mol. The number of nitrogens with one attached hydrogen (secondary N) is 2. The number of thiocarbonyl (C=S) groups is 1. The quantitative estimate of drug-likeness (QED) is 0.620. The SMILES string of the molecule is CCNC(=O)CCNc1nccnc1C(N)=S. The molecule has 0 aliphatic heterocycles. The zero-order chi connectivity index (χ0) is 12.7. The first-order valence-corrected chi connectivity index (χ1v) is 5.67. The van der Waals surface area contributed by atoms with Crippen molar-refractivity contribution in [2.45, 2.75) is 13.3 Å². The smallest absolute Gasteiger partial charge is 0.221 e. The van der Waals surface area contributed by atoms with E-state index in [0.717, 1.165) is 0 Å². The molecule has 0 saturated carbocycles. The van der Waals surface area contributed by atoms with Gasteiger partial charge in [-0.3, -0.25) is 4.79 Å². The van der Waals surface area contributed by atoms with Crippen molar-refractivity contribution in [2.75, 3.05) is 18.4 Å². The highest BCUT2D eigenvalue weighted by molar-refractivity contribution is 7.80. The molecule has 1 rings (SSSR count). The zero-order valence-corrected chi connectivity index (χ0v) is 10.4. The lowest BCUT2D eigenvalue weighted by Gasteiger charge is -2.08. The molecule has 92 valence electrons. The maximum atomic E-state index is 11.2. The number of aromatic nitrogens is 2. The van der Waals surface area contributed by atoms with Gasteiger partial charge in [-0.1, -0.05) is 12.2 Å². The maximum absolute atomic E-state index is 11.2. The van der Waals surface area contributed by atoms with Crippen LogP contribution in [-0.4, -0.2) is 34.0 Å². The normalized spacial score (nSPS) is 9.71. The topological polar surface area (TPSA) is 92.9 Å². The summed E-state index contributed by atoms with van der Waals surface area (Å²) in [4.78, 5) is 19.5. The molecule has 0 aliphatic rings. The fourth-order valence-corrected chi connectivity index (χ4v) is 1.38. The largest absolute Gasteiger partial charge is 0.388 e. The number of rotatable bonds is 6. The standard InChI is InChI=1S/C10H15N5OS/c1-2-12-7(16)3-4-14-10-8(9(11)17)13-5-6-15-10/h5-6H,2-4H2,1H3,(H2,11,17)(H,12,16)(H,14,15). The Bertz CT molecular complexity index is 409. The van der Waals surface area contributed by atoms with E-state index in [4.69, 9.17) is 18.0 Å². The summed E-state index contributed by atoms with van der Waals surface area (Å²) in [5, 5.41) is 5.69. The van der Waals surface area contributed by atoms with Gasteiger partial charge < -0.3 is 16.4 Å². The fourth-order valence-electron chi connectivity index (χ4n) is 1.23. The molecule has 0 fully saturated rings. The van der Waals surface area contributed by atoms with Crippen molar-refractivity contribution in [1.29, 1.82) is 0 Å². The number of hydrogen-bond donors (Lipinski definition) is 3. The van der Waals surface area contributed by atoms with Gasteiger partial charge in [0, 0.05) is 31.9 Å². The van der Waals surface area contributed by atoms with Crippen molar-refractivity contribution in [3.05, 3.63) is 18.1 Å². The van der Waals surface area contributed by atoms with Gasteiger partial charge in [0.15, 0.2) is 5.82 Å². The summed E-state index contributed by atoms with van der Waals surface area (Å²) in [6, 6.07) is 0. The number of carbonyl (C=O) groups is 1. The van der Waals surface area contributed by atoms with Crippen LogP contribution in [0.4, 0.5) is 5.82 Å². The number of amides is 1. The molecule has 4 N–H and O–H groups in total. The molecular weight excluding hydrogens is 238 g/mol. The molecule has 0 saturated heterocycles. The lowest BCUT2D eigenvalue weighted by molar-refractivity contribution is -0.120. The van der Waals surface area contributed by atoms with Crippen LogP contribution < -0.4 is 16.4 Å². The van der Waals surface area contributed by atoms with Crippen molar-refractivity contribution in [3.63, 3.8) is 0 Å². The van der Waals surface area contributed by atoms with Crippen LogP contribution in [0.15, 0.2) is 12.4 Å². The molecule has 0 radical (unpaired) electrons. The van der Waals surface area contributed by atoms with Crippen LogP contribution in [0.1, 0.15) is 19.0 Å². The van der Waals surface area contributed by atoms with E-state index in [1.807, 2.05) is 6.92 Å². The number of carbonyl (C=O) groups excluding carboxylic acids is 1.